The highest BCUT2D eigenvalue weighted by Crippen LogP contribution is 2.37. The van der Waals surface area contributed by atoms with E-state index in [0.29, 0.717) is 0 Å². The SMILES string of the molecule is [O-][S+]1CCCc2cc(-c3cc(-c4ccncc4)c(-c4ccc(F)cc4)[nH]3)ccc21. The Bertz CT molecular complexity index is 1160. The van der Waals surface area contributed by atoms with Crippen LogP contribution in [0, 0.1) is 5.82 Å². The Morgan fingerprint density at radius 3 is 2.45 bits per heavy atom. The lowest BCUT2D eigenvalue weighted by Crippen LogP contribution is -2.15. The Morgan fingerprint density at radius 2 is 1.66 bits per heavy atom. The Kier molecular flexibility index (Phi) is 4.70. The van der Waals surface area contributed by atoms with Gasteiger partial charge in [-0.15, -0.1) is 0 Å². The molecule has 0 aliphatic carbocycles. The number of aromatic nitrogens is 2. The van der Waals surface area contributed by atoms with E-state index in [9.17, 15) is 8.94 Å². The van der Waals surface area contributed by atoms with E-state index in [1.54, 1.807) is 24.5 Å². The zero-order valence-electron chi connectivity index (χ0n) is 15.7. The number of hydrogen-bond acceptors (Lipinski definition) is 2. The number of nitrogens with zero attached hydrogens (tertiary/aromatic N) is 1. The van der Waals surface area contributed by atoms with E-state index in [4.69, 9.17) is 0 Å². The maximum Gasteiger partial charge on any atom is 0.155 e. The minimum absolute atomic E-state index is 0.256. The van der Waals surface area contributed by atoms with Crippen molar-refractivity contribution in [2.24, 2.45) is 0 Å². The van der Waals surface area contributed by atoms with Gasteiger partial charge in [0, 0.05) is 29.2 Å². The topological polar surface area (TPSA) is 51.7 Å². The number of benzene rings is 2. The molecule has 5 heteroatoms. The van der Waals surface area contributed by atoms with Gasteiger partial charge in [-0.25, -0.2) is 4.39 Å². The fraction of sp³-hybridized carbons (Fsp3) is 0.125. The average Bonchev–Trinajstić information content (AvgIpc) is 3.20. The van der Waals surface area contributed by atoms with Gasteiger partial charge < -0.3 is 9.54 Å². The molecule has 4 aromatic rings. The van der Waals surface area contributed by atoms with Crippen molar-refractivity contribution in [2.45, 2.75) is 17.7 Å². The van der Waals surface area contributed by atoms with Crippen molar-refractivity contribution in [1.29, 1.82) is 0 Å². The summed E-state index contributed by atoms with van der Waals surface area (Å²) in [5.74, 6) is 0.490. The second-order valence-corrected chi connectivity index (χ2v) is 8.73. The average molecular weight is 402 g/mol. The monoisotopic (exact) mass is 402 g/mol. The molecule has 2 aromatic carbocycles. The Morgan fingerprint density at radius 1 is 0.897 bits per heavy atom. The summed E-state index contributed by atoms with van der Waals surface area (Å²) >= 11 is -0.893. The quantitative estimate of drug-likeness (QED) is 0.453. The molecule has 0 fully saturated rings. The second kappa shape index (κ2) is 7.50. The summed E-state index contributed by atoms with van der Waals surface area (Å²) in [6, 6.07) is 18.7. The first-order valence-corrected chi connectivity index (χ1v) is 10.9. The van der Waals surface area contributed by atoms with Gasteiger partial charge in [-0.3, -0.25) is 4.98 Å². The first kappa shape index (κ1) is 18.2. The normalized spacial score (nSPS) is 15.9. The predicted molar refractivity (Wildman–Crippen MR) is 114 cm³/mol. The van der Waals surface area contributed by atoms with Gasteiger partial charge in [-0.1, -0.05) is 0 Å². The number of aromatic amines is 1. The Hall–Kier alpha value is -2.89. The van der Waals surface area contributed by atoms with E-state index < -0.39 is 11.2 Å². The molecular weight excluding hydrogens is 383 g/mol. The third-order valence-electron chi connectivity index (χ3n) is 5.33. The van der Waals surface area contributed by atoms with Crippen molar-refractivity contribution in [2.75, 3.05) is 5.75 Å². The fourth-order valence-electron chi connectivity index (χ4n) is 3.88. The van der Waals surface area contributed by atoms with E-state index in [1.807, 2.05) is 24.3 Å². The number of aryl methyl sites for hydroxylation is 1. The van der Waals surface area contributed by atoms with Crippen LogP contribution >= 0.6 is 0 Å². The van der Waals surface area contributed by atoms with Crippen LogP contribution in [0.25, 0.3) is 33.6 Å². The first-order valence-electron chi connectivity index (χ1n) is 9.60. The molecule has 2 aromatic heterocycles. The van der Waals surface area contributed by atoms with Crippen LogP contribution in [-0.2, 0) is 17.6 Å². The van der Waals surface area contributed by atoms with Crippen molar-refractivity contribution in [1.82, 2.24) is 9.97 Å². The maximum absolute atomic E-state index is 13.4. The molecule has 0 amide bonds. The van der Waals surface area contributed by atoms with Crippen LogP contribution in [0.5, 0.6) is 0 Å². The van der Waals surface area contributed by atoms with Gasteiger partial charge in [0.2, 0.25) is 0 Å². The van der Waals surface area contributed by atoms with Crippen LogP contribution in [0.3, 0.4) is 0 Å². The summed E-state index contributed by atoms with van der Waals surface area (Å²) in [5.41, 5.74) is 7.14. The smallest absolute Gasteiger partial charge is 0.155 e. The summed E-state index contributed by atoms with van der Waals surface area (Å²) < 4.78 is 25.7. The van der Waals surface area contributed by atoms with Crippen molar-refractivity contribution in [3.05, 3.63) is 84.4 Å². The van der Waals surface area contributed by atoms with Gasteiger partial charge in [0.15, 0.2) is 4.90 Å². The van der Waals surface area contributed by atoms with Gasteiger partial charge in [0.25, 0.3) is 0 Å². The number of halogens is 1. The van der Waals surface area contributed by atoms with Crippen LogP contribution in [0.1, 0.15) is 12.0 Å². The number of rotatable bonds is 3. The largest absolute Gasteiger partial charge is 0.611 e. The zero-order valence-corrected chi connectivity index (χ0v) is 16.5. The highest BCUT2D eigenvalue weighted by molar-refractivity contribution is 7.91. The molecule has 0 saturated carbocycles. The molecule has 144 valence electrons. The van der Waals surface area contributed by atoms with Crippen molar-refractivity contribution in [3.8, 4) is 33.6 Å². The number of fused-ring (bicyclic) bond motifs is 1. The molecule has 1 unspecified atom stereocenters. The van der Waals surface area contributed by atoms with Crippen molar-refractivity contribution in [3.63, 3.8) is 0 Å². The summed E-state index contributed by atoms with van der Waals surface area (Å²) in [6.07, 6.45) is 5.45. The summed E-state index contributed by atoms with van der Waals surface area (Å²) in [4.78, 5) is 8.61. The van der Waals surface area contributed by atoms with Crippen LogP contribution in [0.4, 0.5) is 4.39 Å². The molecule has 1 aliphatic heterocycles. The van der Waals surface area contributed by atoms with Crippen LogP contribution in [0.2, 0.25) is 0 Å². The number of hydrogen-bond donors (Lipinski definition) is 1. The minimum atomic E-state index is -0.893. The number of pyridine rings is 1. The fourth-order valence-corrected chi connectivity index (χ4v) is 5.18. The zero-order chi connectivity index (χ0) is 19.8. The summed E-state index contributed by atoms with van der Waals surface area (Å²) in [5, 5.41) is 0. The van der Waals surface area contributed by atoms with E-state index in [2.05, 4.69) is 22.1 Å². The molecule has 0 spiro atoms. The highest BCUT2D eigenvalue weighted by atomic mass is 32.2. The second-order valence-electron chi connectivity index (χ2n) is 7.19. The Balaban J connectivity index is 1.64. The standard InChI is InChI=1S/C24H19FN2OS/c25-20-6-3-17(4-7-20)24-21(16-9-11-26-12-10-16)15-22(27-24)18-5-8-23-19(14-18)2-1-13-29(23)28/h3-12,14-15,27H,1-2,13H2. The predicted octanol–water partition coefficient (Wildman–Crippen LogP) is 5.60. The van der Waals surface area contributed by atoms with Gasteiger partial charge in [-0.05, 0) is 101 Å². The third kappa shape index (κ3) is 3.48. The summed E-state index contributed by atoms with van der Waals surface area (Å²) in [6.45, 7) is 0. The van der Waals surface area contributed by atoms with Crippen LogP contribution < -0.4 is 0 Å². The highest BCUT2D eigenvalue weighted by Gasteiger charge is 2.22. The van der Waals surface area contributed by atoms with Crippen LogP contribution in [-0.4, -0.2) is 20.3 Å². The number of H-pyrrole nitrogens is 1. The molecule has 29 heavy (non-hydrogen) atoms. The van der Waals surface area contributed by atoms with E-state index in [-0.39, 0.29) is 5.82 Å². The lowest BCUT2D eigenvalue weighted by atomic mass is 10.0. The van der Waals surface area contributed by atoms with Gasteiger partial charge in [0.1, 0.15) is 11.6 Å². The molecule has 1 aliphatic rings. The maximum atomic E-state index is 13.4. The lowest BCUT2D eigenvalue weighted by molar-refractivity contribution is 0.585. The van der Waals surface area contributed by atoms with Gasteiger partial charge in [-0.2, -0.15) is 0 Å². The molecule has 0 bridgehead atoms. The minimum Gasteiger partial charge on any atom is -0.611 e. The van der Waals surface area contributed by atoms with Gasteiger partial charge >= 0.3 is 0 Å². The number of nitrogens with one attached hydrogen (secondary N) is 1. The molecule has 0 radical (unpaired) electrons. The van der Waals surface area contributed by atoms with Crippen LogP contribution in [0.15, 0.2) is 78.0 Å². The molecule has 5 rings (SSSR count). The lowest BCUT2D eigenvalue weighted by Gasteiger charge is -2.19. The van der Waals surface area contributed by atoms with E-state index in [0.717, 1.165) is 62.7 Å². The van der Waals surface area contributed by atoms with Crippen molar-refractivity contribution >= 4 is 11.2 Å². The third-order valence-corrected chi connectivity index (χ3v) is 6.88. The first-order chi connectivity index (χ1) is 14.2. The molecule has 3 heterocycles. The molecule has 1 N–H and O–H groups in total. The van der Waals surface area contributed by atoms with Gasteiger partial charge in [0.05, 0.1) is 5.69 Å². The van der Waals surface area contributed by atoms with E-state index >= 15 is 0 Å². The Labute approximate surface area is 171 Å². The van der Waals surface area contributed by atoms with E-state index in [1.165, 1.54) is 12.1 Å². The molecular formula is C24H19FN2OS. The summed E-state index contributed by atoms with van der Waals surface area (Å²) in [7, 11) is 0. The molecule has 1 atom stereocenters. The molecule has 3 nitrogen and oxygen atoms in total. The van der Waals surface area contributed by atoms with Crippen molar-refractivity contribution < 1.29 is 8.94 Å². The molecule has 0 saturated heterocycles.